The topological polar surface area (TPSA) is 55.6 Å². The first kappa shape index (κ1) is 22.6. The molecule has 164 valence electrons. The number of nitrogens with zero attached hydrogens (tertiary/aromatic N) is 2. The van der Waals surface area contributed by atoms with Gasteiger partial charge in [0, 0.05) is 29.7 Å². The SMILES string of the molecule is Cn1cc(/C=N\NC(=O)COc2ccc(C(C)(C)CC(C)(C)C)cc2)c2ccccc21. The molecule has 3 aromatic rings. The Kier molecular flexibility index (Phi) is 6.54. The van der Waals surface area contributed by atoms with Gasteiger partial charge in [0.05, 0.1) is 6.21 Å². The zero-order valence-electron chi connectivity index (χ0n) is 19.4. The smallest absolute Gasteiger partial charge is 0.277 e. The van der Waals surface area contributed by atoms with Gasteiger partial charge in [0.15, 0.2) is 6.61 Å². The van der Waals surface area contributed by atoms with E-state index in [9.17, 15) is 4.79 Å². The van der Waals surface area contributed by atoms with Crippen molar-refractivity contribution in [3.05, 3.63) is 65.9 Å². The Labute approximate surface area is 185 Å². The third-order valence-corrected chi connectivity index (χ3v) is 5.30. The van der Waals surface area contributed by atoms with Crippen molar-refractivity contribution in [2.75, 3.05) is 6.61 Å². The van der Waals surface area contributed by atoms with Gasteiger partial charge >= 0.3 is 0 Å². The number of carbonyl (C=O) groups excluding carboxylic acids is 1. The summed E-state index contributed by atoms with van der Waals surface area (Å²) >= 11 is 0. The van der Waals surface area contributed by atoms with Crippen LogP contribution in [0, 0.1) is 5.41 Å². The van der Waals surface area contributed by atoms with Crippen molar-refractivity contribution in [3.63, 3.8) is 0 Å². The minimum atomic E-state index is -0.298. The zero-order valence-corrected chi connectivity index (χ0v) is 19.4. The number of amides is 1. The Hall–Kier alpha value is -3.08. The molecule has 0 unspecified atom stereocenters. The summed E-state index contributed by atoms with van der Waals surface area (Å²) in [4.78, 5) is 12.1. The fourth-order valence-corrected chi connectivity index (χ4v) is 4.26. The monoisotopic (exact) mass is 419 g/mol. The van der Waals surface area contributed by atoms with Crippen LogP contribution in [0.4, 0.5) is 0 Å². The highest BCUT2D eigenvalue weighted by molar-refractivity contribution is 5.99. The summed E-state index contributed by atoms with van der Waals surface area (Å²) in [7, 11) is 1.99. The van der Waals surface area contributed by atoms with Gasteiger partial charge in [-0.1, -0.05) is 65.0 Å². The van der Waals surface area contributed by atoms with E-state index < -0.39 is 0 Å². The van der Waals surface area contributed by atoms with E-state index in [1.807, 2.05) is 48.1 Å². The first-order valence-electron chi connectivity index (χ1n) is 10.6. The standard InChI is InChI=1S/C26H33N3O2/c1-25(2,3)18-26(4,5)20-11-13-21(14-12-20)31-17-24(30)28-27-15-19-16-29(6)23-10-8-7-9-22(19)23/h7-16H,17-18H2,1-6H3,(H,28,30)/b27-15-. The molecule has 0 aliphatic carbocycles. The molecule has 0 saturated heterocycles. The van der Waals surface area contributed by atoms with Gasteiger partial charge in [0.2, 0.25) is 0 Å². The van der Waals surface area contributed by atoms with Crippen molar-refractivity contribution < 1.29 is 9.53 Å². The average Bonchev–Trinajstić information content (AvgIpc) is 3.01. The molecule has 2 aromatic carbocycles. The van der Waals surface area contributed by atoms with Crippen molar-refractivity contribution in [2.45, 2.75) is 46.5 Å². The highest BCUT2D eigenvalue weighted by Gasteiger charge is 2.27. The molecule has 1 N–H and O–H groups in total. The highest BCUT2D eigenvalue weighted by atomic mass is 16.5. The number of hydrogen-bond donors (Lipinski definition) is 1. The van der Waals surface area contributed by atoms with Gasteiger partial charge < -0.3 is 9.30 Å². The fourth-order valence-electron chi connectivity index (χ4n) is 4.26. The number of hydrazone groups is 1. The summed E-state index contributed by atoms with van der Waals surface area (Å²) in [5.41, 5.74) is 6.19. The molecule has 1 amide bonds. The number of aromatic nitrogens is 1. The molecule has 0 radical (unpaired) electrons. The lowest BCUT2D eigenvalue weighted by molar-refractivity contribution is -0.123. The number of rotatable bonds is 7. The summed E-state index contributed by atoms with van der Waals surface area (Å²) in [6.45, 7) is 11.2. The number of para-hydroxylation sites is 1. The van der Waals surface area contributed by atoms with Crippen LogP contribution < -0.4 is 10.2 Å². The first-order valence-corrected chi connectivity index (χ1v) is 10.6. The molecule has 0 saturated carbocycles. The van der Waals surface area contributed by atoms with E-state index in [1.165, 1.54) is 5.56 Å². The van der Waals surface area contributed by atoms with Gasteiger partial charge in [0.1, 0.15) is 5.75 Å². The van der Waals surface area contributed by atoms with E-state index in [2.05, 4.69) is 63.3 Å². The lowest BCUT2D eigenvalue weighted by Crippen LogP contribution is -2.25. The number of fused-ring (bicyclic) bond motifs is 1. The molecule has 0 aliphatic heterocycles. The second-order valence-electron chi connectivity index (χ2n) is 9.94. The summed E-state index contributed by atoms with van der Waals surface area (Å²) in [5.74, 6) is 0.372. The summed E-state index contributed by atoms with van der Waals surface area (Å²) in [5, 5.41) is 5.17. The van der Waals surface area contributed by atoms with Crippen LogP contribution in [-0.2, 0) is 17.3 Å². The predicted octanol–water partition coefficient (Wildman–Crippen LogP) is 5.42. The molecule has 0 bridgehead atoms. The molecule has 1 aromatic heterocycles. The molecule has 0 spiro atoms. The number of aryl methyl sites for hydroxylation is 1. The molecule has 1 heterocycles. The molecular formula is C26H33N3O2. The molecule has 3 rings (SSSR count). The van der Waals surface area contributed by atoms with Crippen molar-refractivity contribution >= 4 is 23.0 Å². The molecule has 5 nitrogen and oxygen atoms in total. The molecular weight excluding hydrogens is 386 g/mol. The number of ether oxygens (including phenoxy) is 1. The third kappa shape index (κ3) is 5.97. The van der Waals surface area contributed by atoms with Crippen molar-refractivity contribution in [1.82, 2.24) is 9.99 Å². The largest absolute Gasteiger partial charge is 0.484 e. The Morgan fingerprint density at radius 2 is 1.74 bits per heavy atom. The minimum Gasteiger partial charge on any atom is -0.484 e. The number of carbonyl (C=O) groups is 1. The van der Waals surface area contributed by atoms with E-state index in [-0.39, 0.29) is 23.3 Å². The Balaban J connectivity index is 1.53. The number of hydrogen-bond acceptors (Lipinski definition) is 3. The van der Waals surface area contributed by atoms with Crippen LogP contribution >= 0.6 is 0 Å². The maximum Gasteiger partial charge on any atom is 0.277 e. The van der Waals surface area contributed by atoms with Crippen LogP contribution in [0.1, 0.15) is 52.2 Å². The number of nitrogens with one attached hydrogen (secondary N) is 1. The summed E-state index contributed by atoms with van der Waals surface area (Å²) < 4.78 is 7.66. The molecule has 0 fully saturated rings. The molecule has 0 atom stereocenters. The number of benzene rings is 2. The van der Waals surface area contributed by atoms with Crippen molar-refractivity contribution in [1.29, 1.82) is 0 Å². The molecule has 5 heteroatoms. The van der Waals surface area contributed by atoms with Crippen molar-refractivity contribution in [3.8, 4) is 5.75 Å². The zero-order chi connectivity index (χ0) is 22.6. The Morgan fingerprint density at radius 1 is 1.06 bits per heavy atom. The maximum absolute atomic E-state index is 12.1. The van der Waals surface area contributed by atoms with E-state index in [4.69, 9.17) is 4.74 Å². The van der Waals surface area contributed by atoms with Crippen LogP contribution in [0.3, 0.4) is 0 Å². The fraction of sp³-hybridized carbons (Fsp3) is 0.385. The predicted molar refractivity (Wildman–Crippen MR) is 128 cm³/mol. The van der Waals surface area contributed by atoms with Crippen LogP contribution in [0.5, 0.6) is 5.75 Å². The minimum absolute atomic E-state index is 0.0739. The average molecular weight is 420 g/mol. The summed E-state index contributed by atoms with van der Waals surface area (Å²) in [6, 6.07) is 16.1. The van der Waals surface area contributed by atoms with Gasteiger partial charge in [-0.05, 0) is 41.0 Å². The lowest BCUT2D eigenvalue weighted by atomic mass is 9.72. The normalized spacial score (nSPS) is 12.5. The molecule has 31 heavy (non-hydrogen) atoms. The van der Waals surface area contributed by atoms with E-state index in [1.54, 1.807) is 6.21 Å². The van der Waals surface area contributed by atoms with Gasteiger partial charge in [-0.15, -0.1) is 0 Å². The van der Waals surface area contributed by atoms with E-state index >= 15 is 0 Å². The molecule has 0 aliphatic rings. The van der Waals surface area contributed by atoms with Crippen LogP contribution in [0.2, 0.25) is 0 Å². The first-order chi connectivity index (χ1) is 14.5. The van der Waals surface area contributed by atoms with E-state index in [0.717, 1.165) is 22.9 Å². The van der Waals surface area contributed by atoms with Gasteiger partial charge in [0.25, 0.3) is 5.91 Å². The highest BCUT2D eigenvalue weighted by Crippen LogP contribution is 2.36. The Morgan fingerprint density at radius 3 is 2.42 bits per heavy atom. The quantitative estimate of drug-likeness (QED) is 0.411. The second-order valence-corrected chi connectivity index (χ2v) is 9.94. The van der Waals surface area contributed by atoms with Gasteiger partial charge in [-0.25, -0.2) is 5.43 Å². The lowest BCUT2D eigenvalue weighted by Gasteiger charge is -2.33. The maximum atomic E-state index is 12.1. The van der Waals surface area contributed by atoms with E-state index in [0.29, 0.717) is 5.75 Å². The second kappa shape index (κ2) is 8.96. The third-order valence-electron chi connectivity index (χ3n) is 5.30. The van der Waals surface area contributed by atoms with Crippen molar-refractivity contribution in [2.24, 2.45) is 17.6 Å². The summed E-state index contributed by atoms with van der Waals surface area (Å²) in [6.07, 6.45) is 4.73. The van der Waals surface area contributed by atoms with Crippen LogP contribution in [-0.4, -0.2) is 23.3 Å². The van der Waals surface area contributed by atoms with Gasteiger partial charge in [-0.2, -0.15) is 5.10 Å². The van der Waals surface area contributed by atoms with Crippen LogP contribution in [0.15, 0.2) is 59.8 Å². The Bertz CT molecular complexity index is 1070. The van der Waals surface area contributed by atoms with Gasteiger partial charge in [-0.3, -0.25) is 4.79 Å². The van der Waals surface area contributed by atoms with Crippen LogP contribution in [0.25, 0.3) is 10.9 Å².